The normalized spacial score (nSPS) is 21.0. The first-order chi connectivity index (χ1) is 8.23. The molecule has 0 aromatic rings. The number of hydrogen-bond acceptors (Lipinski definition) is 3. The molecule has 0 aromatic carbocycles. The van der Waals surface area contributed by atoms with Crippen LogP contribution in [0.25, 0.3) is 0 Å². The van der Waals surface area contributed by atoms with Crippen molar-refractivity contribution in [3.05, 3.63) is 0 Å². The number of amides is 2. The van der Waals surface area contributed by atoms with Crippen LogP contribution in [0, 0.1) is 0 Å². The summed E-state index contributed by atoms with van der Waals surface area (Å²) < 4.78 is 42.1. The number of carbonyl (C=O) groups is 2. The Morgan fingerprint density at radius 2 is 2.00 bits per heavy atom. The molecule has 1 saturated heterocycles. The van der Waals surface area contributed by atoms with Gasteiger partial charge in [0.1, 0.15) is 6.04 Å². The summed E-state index contributed by atoms with van der Waals surface area (Å²) in [6.45, 7) is 2.89. The molecule has 1 heterocycles. The van der Waals surface area contributed by atoms with Gasteiger partial charge in [-0.1, -0.05) is 0 Å². The lowest BCUT2D eigenvalue weighted by Crippen LogP contribution is -2.59. The first kappa shape index (κ1) is 14.7. The Bertz CT molecular complexity index is 331. The summed E-state index contributed by atoms with van der Waals surface area (Å²) in [5, 5.41) is 2.47. The van der Waals surface area contributed by atoms with Gasteiger partial charge in [0, 0.05) is 12.6 Å². The van der Waals surface area contributed by atoms with Crippen LogP contribution in [0.5, 0.6) is 0 Å². The van der Waals surface area contributed by atoms with Crippen LogP contribution in [0.4, 0.5) is 13.2 Å². The monoisotopic (exact) mass is 268 g/mol. The molecule has 1 N–H and O–H groups in total. The Morgan fingerprint density at radius 3 is 2.50 bits per heavy atom. The predicted octanol–water partition coefficient (Wildman–Crippen LogP) is 0.301. The third-order valence-corrected chi connectivity index (χ3v) is 2.37. The number of halogens is 3. The van der Waals surface area contributed by atoms with Gasteiger partial charge >= 0.3 is 12.1 Å². The van der Waals surface area contributed by atoms with Crippen LogP contribution in [-0.2, 0) is 14.3 Å². The van der Waals surface area contributed by atoms with Crippen LogP contribution < -0.4 is 5.32 Å². The number of nitrogens with zero attached hydrogens (tertiary/aromatic N) is 1. The molecule has 0 aromatic heterocycles. The van der Waals surface area contributed by atoms with E-state index in [2.05, 4.69) is 5.32 Å². The van der Waals surface area contributed by atoms with E-state index in [4.69, 9.17) is 4.74 Å². The minimum Gasteiger partial charge on any atom is -0.377 e. The molecule has 0 aliphatic carbocycles. The fourth-order valence-electron chi connectivity index (χ4n) is 1.61. The molecule has 0 bridgehead atoms. The molecule has 8 heteroatoms. The highest BCUT2D eigenvalue weighted by atomic mass is 19.4. The molecule has 1 aliphatic rings. The van der Waals surface area contributed by atoms with Crippen LogP contribution in [0.3, 0.4) is 0 Å². The van der Waals surface area contributed by atoms with Crippen LogP contribution in [0.2, 0.25) is 0 Å². The van der Waals surface area contributed by atoms with Crippen molar-refractivity contribution in [3.8, 4) is 0 Å². The van der Waals surface area contributed by atoms with Gasteiger partial charge in [0.25, 0.3) is 0 Å². The molecule has 0 saturated carbocycles. The molecule has 1 rings (SSSR count). The molecular formula is C10H15F3N2O3. The lowest BCUT2D eigenvalue weighted by molar-refractivity contribution is -0.193. The van der Waals surface area contributed by atoms with Gasteiger partial charge in [-0.3, -0.25) is 9.59 Å². The Labute approximate surface area is 102 Å². The summed E-state index contributed by atoms with van der Waals surface area (Å²) in [7, 11) is 0. The topological polar surface area (TPSA) is 58.6 Å². The molecule has 5 nitrogen and oxygen atoms in total. The van der Waals surface area contributed by atoms with Crippen LogP contribution in [0.15, 0.2) is 0 Å². The van der Waals surface area contributed by atoms with Gasteiger partial charge in [0.15, 0.2) is 0 Å². The van der Waals surface area contributed by atoms with Gasteiger partial charge in [-0.15, -0.1) is 0 Å². The predicted molar refractivity (Wildman–Crippen MR) is 55.7 cm³/mol. The Kier molecular flexibility index (Phi) is 4.55. The molecule has 0 radical (unpaired) electrons. The summed E-state index contributed by atoms with van der Waals surface area (Å²) in [4.78, 5) is 23.4. The number of carbonyl (C=O) groups excluding carboxylic acids is 2. The van der Waals surface area contributed by atoms with E-state index >= 15 is 0 Å². The number of hydrogen-bond donors (Lipinski definition) is 1. The van der Waals surface area contributed by atoms with Crippen LogP contribution in [-0.4, -0.2) is 54.7 Å². The largest absolute Gasteiger partial charge is 0.471 e. The second kappa shape index (κ2) is 5.55. The van der Waals surface area contributed by atoms with Gasteiger partial charge in [0.05, 0.1) is 13.2 Å². The Balaban J connectivity index is 2.80. The quantitative estimate of drug-likeness (QED) is 0.783. The molecule has 1 fully saturated rings. The zero-order valence-corrected chi connectivity index (χ0v) is 10.1. The second-order valence-corrected chi connectivity index (χ2v) is 4.25. The summed E-state index contributed by atoms with van der Waals surface area (Å²) in [6, 6.07) is -1.45. The number of rotatable bonds is 2. The molecule has 1 aliphatic heterocycles. The molecule has 18 heavy (non-hydrogen) atoms. The smallest absolute Gasteiger partial charge is 0.377 e. The maximum Gasteiger partial charge on any atom is 0.471 e. The minimum atomic E-state index is -4.98. The fourth-order valence-corrected chi connectivity index (χ4v) is 1.61. The van der Waals surface area contributed by atoms with Crippen molar-refractivity contribution in [1.29, 1.82) is 0 Å². The van der Waals surface area contributed by atoms with Crippen molar-refractivity contribution >= 4 is 11.8 Å². The highest BCUT2D eigenvalue weighted by Crippen LogP contribution is 2.21. The molecule has 104 valence electrons. The maximum atomic E-state index is 12.4. The van der Waals surface area contributed by atoms with Crippen molar-refractivity contribution in [3.63, 3.8) is 0 Å². The SMILES string of the molecule is CC(C)NC(=O)C1COCCN1C(=O)C(F)(F)F. The van der Waals surface area contributed by atoms with Gasteiger partial charge in [-0.05, 0) is 13.8 Å². The van der Waals surface area contributed by atoms with Crippen LogP contribution >= 0.6 is 0 Å². The summed E-state index contributed by atoms with van der Waals surface area (Å²) in [5.41, 5.74) is 0. The van der Waals surface area contributed by atoms with Crippen molar-refractivity contribution < 1.29 is 27.5 Å². The molecule has 0 spiro atoms. The van der Waals surface area contributed by atoms with E-state index in [0.29, 0.717) is 4.90 Å². The average molecular weight is 268 g/mol. The summed E-state index contributed by atoms with van der Waals surface area (Å²) >= 11 is 0. The molecule has 1 atom stereocenters. The van der Waals surface area contributed by atoms with Gasteiger partial charge in [-0.2, -0.15) is 13.2 Å². The maximum absolute atomic E-state index is 12.4. The summed E-state index contributed by atoms with van der Waals surface area (Å²) in [5.74, 6) is -2.64. The standard InChI is InChI=1S/C10H15F3N2O3/c1-6(2)14-8(16)7-5-18-4-3-15(7)9(17)10(11,12)13/h6-7H,3-5H2,1-2H3,(H,14,16). The number of ether oxygens (including phenoxy) is 1. The van der Waals surface area contributed by atoms with Crippen molar-refractivity contribution in [1.82, 2.24) is 10.2 Å². The van der Waals surface area contributed by atoms with E-state index in [9.17, 15) is 22.8 Å². The third-order valence-electron chi connectivity index (χ3n) is 2.37. The average Bonchev–Trinajstić information content (AvgIpc) is 2.26. The van der Waals surface area contributed by atoms with E-state index in [0.717, 1.165) is 0 Å². The number of morpholine rings is 1. The van der Waals surface area contributed by atoms with E-state index in [1.807, 2.05) is 0 Å². The van der Waals surface area contributed by atoms with E-state index in [1.54, 1.807) is 13.8 Å². The van der Waals surface area contributed by atoms with Crippen molar-refractivity contribution in [2.45, 2.75) is 32.1 Å². The highest BCUT2D eigenvalue weighted by molar-refractivity contribution is 5.90. The highest BCUT2D eigenvalue weighted by Gasteiger charge is 2.47. The Morgan fingerprint density at radius 1 is 1.39 bits per heavy atom. The molecule has 1 unspecified atom stereocenters. The Hall–Kier alpha value is -1.31. The van der Waals surface area contributed by atoms with Gasteiger partial charge in [0.2, 0.25) is 5.91 Å². The number of alkyl halides is 3. The lowest BCUT2D eigenvalue weighted by atomic mass is 10.2. The zero-order valence-electron chi connectivity index (χ0n) is 10.1. The van der Waals surface area contributed by atoms with E-state index in [1.165, 1.54) is 0 Å². The lowest BCUT2D eigenvalue weighted by Gasteiger charge is -2.35. The van der Waals surface area contributed by atoms with E-state index < -0.39 is 24.0 Å². The van der Waals surface area contributed by atoms with Crippen molar-refractivity contribution in [2.75, 3.05) is 19.8 Å². The third kappa shape index (κ3) is 3.59. The van der Waals surface area contributed by atoms with Crippen LogP contribution in [0.1, 0.15) is 13.8 Å². The van der Waals surface area contributed by atoms with Crippen molar-refractivity contribution in [2.24, 2.45) is 0 Å². The molecular weight excluding hydrogens is 253 g/mol. The van der Waals surface area contributed by atoms with E-state index in [-0.39, 0.29) is 25.8 Å². The number of nitrogens with one attached hydrogen (secondary N) is 1. The summed E-state index contributed by atoms with van der Waals surface area (Å²) in [6.07, 6.45) is -4.98. The minimum absolute atomic E-state index is 0.00667. The fraction of sp³-hybridized carbons (Fsp3) is 0.800. The molecule has 2 amide bonds. The first-order valence-electron chi connectivity index (χ1n) is 5.49. The second-order valence-electron chi connectivity index (χ2n) is 4.25. The van der Waals surface area contributed by atoms with Gasteiger partial charge in [-0.25, -0.2) is 0 Å². The zero-order chi connectivity index (χ0) is 13.9. The van der Waals surface area contributed by atoms with Gasteiger partial charge < -0.3 is 15.0 Å². The first-order valence-corrected chi connectivity index (χ1v) is 5.49.